The second-order valence-electron chi connectivity index (χ2n) is 6.99. The number of benzene rings is 2. The van der Waals surface area contributed by atoms with Crippen molar-refractivity contribution in [2.75, 3.05) is 13.2 Å². The molecule has 1 aliphatic heterocycles. The van der Waals surface area contributed by atoms with Gasteiger partial charge in [-0.25, -0.2) is 14.4 Å². The van der Waals surface area contributed by atoms with Crippen LogP contribution in [-0.4, -0.2) is 23.2 Å². The van der Waals surface area contributed by atoms with Crippen LogP contribution in [0.15, 0.2) is 60.7 Å². The average Bonchev–Trinajstić information content (AvgIpc) is 3.22. The number of aromatic nitrogens is 2. The first kappa shape index (κ1) is 19.1. The van der Waals surface area contributed by atoms with Crippen molar-refractivity contribution in [3.8, 4) is 10.6 Å². The lowest BCUT2D eigenvalue weighted by molar-refractivity contribution is -0.183. The highest BCUT2D eigenvalue weighted by molar-refractivity contribution is 7.21. The van der Waals surface area contributed by atoms with Crippen molar-refractivity contribution in [1.29, 1.82) is 0 Å². The van der Waals surface area contributed by atoms with Crippen LogP contribution >= 0.6 is 11.3 Å². The lowest BCUT2D eigenvalue weighted by Crippen LogP contribution is -2.17. The van der Waals surface area contributed by atoms with E-state index in [1.54, 1.807) is 6.07 Å². The highest BCUT2D eigenvalue weighted by atomic mass is 32.1. The van der Waals surface area contributed by atoms with Gasteiger partial charge in [0.2, 0.25) is 0 Å². The van der Waals surface area contributed by atoms with E-state index in [0.29, 0.717) is 29.3 Å². The van der Waals surface area contributed by atoms with Gasteiger partial charge in [0.1, 0.15) is 21.2 Å². The molecule has 4 nitrogen and oxygen atoms in total. The second kappa shape index (κ2) is 8.44. The Morgan fingerprint density at radius 2 is 1.77 bits per heavy atom. The topological polar surface area (TPSA) is 44.2 Å². The largest absolute Gasteiger partial charge is 0.348 e. The monoisotopic (exact) mass is 418 g/mol. The molecule has 4 aromatic rings. The molecule has 0 unspecified atom stereocenters. The lowest BCUT2D eigenvalue weighted by Gasteiger charge is -2.23. The predicted octanol–water partition coefficient (Wildman–Crippen LogP) is 6.10. The van der Waals surface area contributed by atoms with Gasteiger partial charge in [0.25, 0.3) is 0 Å². The van der Waals surface area contributed by atoms with Gasteiger partial charge in [-0.2, -0.15) is 0 Å². The van der Waals surface area contributed by atoms with Gasteiger partial charge in [0.05, 0.1) is 18.9 Å². The van der Waals surface area contributed by atoms with Gasteiger partial charge in [-0.1, -0.05) is 53.8 Å². The zero-order chi connectivity index (χ0) is 20.3. The third-order valence-corrected chi connectivity index (χ3v) is 5.84. The molecule has 5 rings (SSSR count). The van der Waals surface area contributed by atoms with Crippen molar-refractivity contribution in [3.63, 3.8) is 0 Å². The smallest absolute Gasteiger partial charge is 0.183 e. The Labute approximate surface area is 177 Å². The molecule has 2 aromatic heterocycles. The summed E-state index contributed by atoms with van der Waals surface area (Å²) in [5.74, 6) is -0.339. The SMILES string of the molecule is Fc1cc(C2OCCCO2)ccc1-c1nc2ccc(C=Cc3ccccc3)nc2s1. The molecule has 0 N–H and O–H groups in total. The molecule has 6 heteroatoms. The van der Waals surface area contributed by atoms with Crippen LogP contribution in [0.25, 0.3) is 33.1 Å². The number of pyridine rings is 1. The molecule has 2 aromatic carbocycles. The number of ether oxygens (including phenoxy) is 2. The average molecular weight is 418 g/mol. The summed E-state index contributed by atoms with van der Waals surface area (Å²) in [7, 11) is 0. The van der Waals surface area contributed by atoms with E-state index >= 15 is 0 Å². The van der Waals surface area contributed by atoms with Crippen LogP contribution < -0.4 is 0 Å². The highest BCUT2D eigenvalue weighted by Gasteiger charge is 2.19. The van der Waals surface area contributed by atoms with Crippen molar-refractivity contribution in [1.82, 2.24) is 9.97 Å². The van der Waals surface area contributed by atoms with E-state index in [0.717, 1.165) is 28.0 Å². The number of thiazole rings is 1. The van der Waals surface area contributed by atoms with Crippen LogP contribution in [0.4, 0.5) is 4.39 Å². The van der Waals surface area contributed by atoms with Crippen LogP contribution in [0, 0.1) is 5.82 Å². The van der Waals surface area contributed by atoms with E-state index in [9.17, 15) is 4.39 Å². The molecule has 0 amide bonds. The molecule has 3 heterocycles. The van der Waals surface area contributed by atoms with Crippen molar-refractivity contribution in [3.05, 3.63) is 83.3 Å². The van der Waals surface area contributed by atoms with Gasteiger partial charge in [-0.15, -0.1) is 0 Å². The number of rotatable bonds is 4. The molecule has 0 saturated carbocycles. The Kier molecular flexibility index (Phi) is 5.36. The Morgan fingerprint density at radius 3 is 2.57 bits per heavy atom. The molecule has 0 spiro atoms. The maximum atomic E-state index is 14.8. The predicted molar refractivity (Wildman–Crippen MR) is 117 cm³/mol. The summed E-state index contributed by atoms with van der Waals surface area (Å²) in [4.78, 5) is 10.0. The molecule has 0 radical (unpaired) electrons. The Morgan fingerprint density at radius 1 is 0.933 bits per heavy atom. The fraction of sp³-hybridized carbons (Fsp3) is 0.167. The van der Waals surface area contributed by atoms with Crippen molar-refractivity contribution in [2.45, 2.75) is 12.7 Å². The quantitative estimate of drug-likeness (QED) is 0.401. The Hall–Kier alpha value is -2.93. The molecule has 0 atom stereocenters. The van der Waals surface area contributed by atoms with Crippen molar-refractivity contribution >= 4 is 33.8 Å². The maximum absolute atomic E-state index is 14.8. The third-order valence-electron chi connectivity index (χ3n) is 4.85. The first-order chi connectivity index (χ1) is 14.8. The van der Waals surface area contributed by atoms with Crippen LogP contribution in [0.2, 0.25) is 0 Å². The molecule has 1 aliphatic rings. The summed E-state index contributed by atoms with van der Waals surface area (Å²) in [6, 6.07) is 18.9. The van der Waals surface area contributed by atoms with Crippen LogP contribution in [0.5, 0.6) is 0 Å². The fourth-order valence-electron chi connectivity index (χ4n) is 3.32. The highest BCUT2D eigenvalue weighted by Crippen LogP contribution is 2.33. The molecule has 0 aliphatic carbocycles. The first-order valence-electron chi connectivity index (χ1n) is 9.80. The van der Waals surface area contributed by atoms with Crippen LogP contribution in [0.3, 0.4) is 0 Å². The van der Waals surface area contributed by atoms with E-state index in [4.69, 9.17) is 9.47 Å². The second-order valence-corrected chi connectivity index (χ2v) is 7.97. The number of hydrogen-bond acceptors (Lipinski definition) is 5. The van der Waals surface area contributed by atoms with Crippen molar-refractivity contribution in [2.24, 2.45) is 0 Å². The van der Waals surface area contributed by atoms with Gasteiger partial charge in [-0.3, -0.25) is 0 Å². The third kappa shape index (κ3) is 4.03. The number of fused-ring (bicyclic) bond motifs is 1. The summed E-state index contributed by atoms with van der Waals surface area (Å²) in [5.41, 5.74) is 3.85. The summed E-state index contributed by atoms with van der Waals surface area (Å²) in [6.45, 7) is 1.25. The van der Waals surface area contributed by atoms with Gasteiger partial charge < -0.3 is 9.47 Å². The molecule has 1 saturated heterocycles. The number of nitrogens with zero attached hydrogens (tertiary/aromatic N) is 2. The summed E-state index contributed by atoms with van der Waals surface area (Å²) in [6.07, 6.45) is 4.34. The van der Waals surface area contributed by atoms with E-state index in [-0.39, 0.29) is 5.82 Å². The van der Waals surface area contributed by atoms with Gasteiger partial charge in [0.15, 0.2) is 6.29 Å². The van der Waals surface area contributed by atoms with Crippen LogP contribution in [0.1, 0.15) is 29.5 Å². The Balaban J connectivity index is 1.41. The zero-order valence-corrected chi connectivity index (χ0v) is 16.9. The molecule has 30 heavy (non-hydrogen) atoms. The molecule has 1 fully saturated rings. The Bertz CT molecular complexity index is 1200. The van der Waals surface area contributed by atoms with E-state index in [1.165, 1.54) is 17.4 Å². The minimum absolute atomic E-state index is 0.339. The first-order valence-corrected chi connectivity index (χ1v) is 10.6. The summed E-state index contributed by atoms with van der Waals surface area (Å²) >= 11 is 1.38. The molecular weight excluding hydrogens is 399 g/mol. The van der Waals surface area contributed by atoms with Gasteiger partial charge >= 0.3 is 0 Å². The molecular formula is C24H19FN2O2S. The van der Waals surface area contributed by atoms with E-state index in [1.807, 2.05) is 60.7 Å². The van der Waals surface area contributed by atoms with Gasteiger partial charge in [-0.05, 0) is 42.3 Å². The normalized spacial score (nSPS) is 15.2. The van der Waals surface area contributed by atoms with E-state index < -0.39 is 6.29 Å². The summed E-state index contributed by atoms with van der Waals surface area (Å²) < 4.78 is 26.0. The minimum atomic E-state index is -0.502. The van der Waals surface area contributed by atoms with Crippen LogP contribution in [-0.2, 0) is 9.47 Å². The molecule has 0 bridgehead atoms. The van der Waals surface area contributed by atoms with E-state index in [2.05, 4.69) is 9.97 Å². The minimum Gasteiger partial charge on any atom is -0.348 e. The lowest BCUT2D eigenvalue weighted by atomic mass is 10.1. The van der Waals surface area contributed by atoms with Crippen molar-refractivity contribution < 1.29 is 13.9 Å². The maximum Gasteiger partial charge on any atom is 0.183 e. The number of halogens is 1. The molecule has 150 valence electrons. The fourth-order valence-corrected chi connectivity index (χ4v) is 4.29. The van der Waals surface area contributed by atoms with Gasteiger partial charge in [0, 0.05) is 11.1 Å². The number of hydrogen-bond donors (Lipinski definition) is 0. The standard InChI is InChI=1S/C24H19FN2O2S/c25-20-15-17(24-28-13-4-14-29-24)8-11-19(20)22-27-21-12-10-18(26-23(21)30-22)9-7-16-5-2-1-3-6-16/h1-3,5-12,15,24H,4,13-14H2. The summed E-state index contributed by atoms with van der Waals surface area (Å²) in [5, 5.41) is 0.608. The zero-order valence-electron chi connectivity index (χ0n) is 16.1.